The van der Waals surface area contributed by atoms with E-state index in [1.165, 1.54) is 22.5 Å². The lowest BCUT2D eigenvalue weighted by Crippen LogP contribution is -2.13. The van der Waals surface area contributed by atoms with Crippen molar-refractivity contribution >= 4 is 45.5 Å². The predicted octanol–water partition coefficient (Wildman–Crippen LogP) is 4.38. The number of benzene rings is 1. The van der Waals surface area contributed by atoms with E-state index in [1.807, 2.05) is 17.5 Å². The van der Waals surface area contributed by atoms with Crippen LogP contribution in [0.5, 0.6) is 0 Å². The summed E-state index contributed by atoms with van der Waals surface area (Å²) in [5.41, 5.74) is 2.50. The number of aromatic nitrogens is 2. The Kier molecular flexibility index (Phi) is 5.43. The molecule has 0 fully saturated rings. The van der Waals surface area contributed by atoms with Crippen LogP contribution in [0.25, 0.3) is 0 Å². The molecule has 0 atom stereocenters. The fraction of sp³-hybridized carbons (Fsp3) is 0.188. The summed E-state index contributed by atoms with van der Waals surface area (Å²) >= 11 is 4.61. The highest BCUT2D eigenvalue weighted by atomic mass is 32.2. The highest BCUT2D eigenvalue weighted by Crippen LogP contribution is 2.28. The number of hydrogen-bond acceptors (Lipinski definition) is 6. The summed E-state index contributed by atoms with van der Waals surface area (Å²) in [5.74, 6) is 0.789. The molecule has 0 bridgehead atoms. The van der Waals surface area contributed by atoms with Crippen LogP contribution in [0.1, 0.15) is 16.0 Å². The van der Waals surface area contributed by atoms with Crippen molar-refractivity contribution in [1.29, 1.82) is 0 Å². The van der Waals surface area contributed by atoms with Crippen molar-refractivity contribution < 1.29 is 4.79 Å². The number of rotatable bonds is 6. The van der Waals surface area contributed by atoms with Crippen molar-refractivity contribution in [2.45, 2.75) is 23.4 Å². The zero-order valence-corrected chi connectivity index (χ0v) is 14.9. The highest BCUT2D eigenvalue weighted by Gasteiger charge is 2.10. The van der Waals surface area contributed by atoms with E-state index in [4.69, 9.17) is 0 Å². The van der Waals surface area contributed by atoms with Crippen LogP contribution in [0.3, 0.4) is 0 Å². The summed E-state index contributed by atoms with van der Waals surface area (Å²) in [6.07, 6.45) is 0.378. The second-order valence-corrected chi connectivity index (χ2v) is 8.18. The van der Waals surface area contributed by atoms with Crippen molar-refractivity contribution in [1.82, 2.24) is 10.2 Å². The van der Waals surface area contributed by atoms with E-state index in [2.05, 4.69) is 46.7 Å². The molecule has 0 unspecified atom stereocenters. The molecule has 0 aliphatic heterocycles. The summed E-state index contributed by atoms with van der Waals surface area (Å²) in [7, 11) is 0. The number of thiophene rings is 1. The van der Waals surface area contributed by atoms with Gasteiger partial charge in [0.1, 0.15) is 0 Å². The molecule has 23 heavy (non-hydrogen) atoms. The van der Waals surface area contributed by atoms with Gasteiger partial charge in [0.15, 0.2) is 4.34 Å². The van der Waals surface area contributed by atoms with Crippen molar-refractivity contribution in [3.63, 3.8) is 0 Å². The maximum Gasteiger partial charge on any atom is 0.231 e. The number of aryl methyl sites for hydroxylation is 1. The monoisotopic (exact) mass is 361 g/mol. The Hall–Kier alpha value is -1.70. The molecule has 1 N–H and O–H groups in total. The number of hydrogen-bond donors (Lipinski definition) is 1. The van der Waals surface area contributed by atoms with Crippen LogP contribution >= 0.6 is 34.4 Å². The fourth-order valence-corrected chi connectivity index (χ4v) is 4.31. The Bertz CT molecular complexity index is 766. The van der Waals surface area contributed by atoms with E-state index in [1.54, 1.807) is 23.1 Å². The third kappa shape index (κ3) is 4.89. The summed E-state index contributed by atoms with van der Waals surface area (Å²) in [5, 5.41) is 13.5. The van der Waals surface area contributed by atoms with Gasteiger partial charge in [-0.05, 0) is 23.9 Å². The van der Waals surface area contributed by atoms with E-state index in [9.17, 15) is 4.79 Å². The number of carbonyl (C=O) groups is 1. The zero-order chi connectivity index (χ0) is 16.1. The molecule has 2 aromatic heterocycles. The number of thioether (sulfide) groups is 1. The molecule has 1 aromatic carbocycles. The maximum absolute atomic E-state index is 11.9. The molecule has 4 nitrogen and oxygen atoms in total. The Morgan fingerprint density at radius 2 is 2.04 bits per heavy atom. The molecule has 2 heterocycles. The molecule has 118 valence electrons. The first kappa shape index (κ1) is 16.2. The van der Waals surface area contributed by atoms with Crippen molar-refractivity contribution in [2.75, 3.05) is 5.32 Å². The minimum Gasteiger partial charge on any atom is -0.300 e. The molecule has 0 saturated heterocycles. The van der Waals surface area contributed by atoms with Gasteiger partial charge in [-0.25, -0.2) is 0 Å². The Balaban J connectivity index is 1.51. The van der Waals surface area contributed by atoms with Crippen LogP contribution < -0.4 is 5.32 Å². The van der Waals surface area contributed by atoms with Gasteiger partial charge in [-0.15, -0.1) is 21.5 Å². The van der Waals surface area contributed by atoms with Gasteiger partial charge in [0.25, 0.3) is 0 Å². The summed E-state index contributed by atoms with van der Waals surface area (Å²) in [4.78, 5) is 13.0. The molecule has 0 radical (unpaired) electrons. The van der Waals surface area contributed by atoms with Gasteiger partial charge < -0.3 is 5.32 Å². The number of amides is 1. The molecule has 3 rings (SSSR count). The van der Waals surface area contributed by atoms with Crippen molar-refractivity contribution in [2.24, 2.45) is 0 Å². The van der Waals surface area contributed by atoms with E-state index in [0.717, 1.165) is 15.0 Å². The maximum atomic E-state index is 11.9. The van der Waals surface area contributed by atoms with E-state index >= 15 is 0 Å². The van der Waals surface area contributed by atoms with E-state index in [0.29, 0.717) is 11.6 Å². The van der Waals surface area contributed by atoms with Gasteiger partial charge >= 0.3 is 0 Å². The van der Waals surface area contributed by atoms with Crippen LogP contribution in [-0.2, 0) is 17.0 Å². The van der Waals surface area contributed by atoms with Crippen LogP contribution in [-0.4, -0.2) is 16.1 Å². The Labute approximate surface area is 147 Å². The number of nitrogens with one attached hydrogen (secondary N) is 1. The molecule has 0 aliphatic carbocycles. The lowest BCUT2D eigenvalue weighted by atomic mass is 10.2. The first-order chi connectivity index (χ1) is 11.2. The van der Waals surface area contributed by atoms with Gasteiger partial charge in [-0.3, -0.25) is 4.79 Å². The average molecular weight is 362 g/mol. The Morgan fingerprint density at radius 1 is 1.22 bits per heavy atom. The molecule has 0 aliphatic rings. The first-order valence-corrected chi connectivity index (χ1v) is 9.71. The third-order valence-corrected chi connectivity index (χ3v) is 5.97. The van der Waals surface area contributed by atoms with Crippen LogP contribution in [0.2, 0.25) is 0 Å². The molecule has 3 aromatic rings. The predicted molar refractivity (Wildman–Crippen MR) is 97.3 cm³/mol. The molecule has 1 amide bonds. The number of carbonyl (C=O) groups excluding carboxylic acids is 1. The smallest absolute Gasteiger partial charge is 0.231 e. The fourth-order valence-electron chi connectivity index (χ4n) is 1.88. The average Bonchev–Trinajstić information content (AvgIpc) is 3.19. The highest BCUT2D eigenvalue weighted by molar-refractivity contribution is 8.00. The summed E-state index contributed by atoms with van der Waals surface area (Å²) in [6, 6.07) is 12.3. The SMILES string of the molecule is Cc1ccc(CSc2nnc(NC(=O)Cc3cccs3)s2)cc1. The van der Waals surface area contributed by atoms with Crippen LogP contribution in [0, 0.1) is 6.92 Å². The topological polar surface area (TPSA) is 54.9 Å². The van der Waals surface area contributed by atoms with E-state index in [-0.39, 0.29) is 5.91 Å². The van der Waals surface area contributed by atoms with Gasteiger partial charge in [-0.2, -0.15) is 0 Å². The van der Waals surface area contributed by atoms with Gasteiger partial charge in [0.2, 0.25) is 11.0 Å². The Morgan fingerprint density at radius 3 is 2.78 bits per heavy atom. The quantitative estimate of drug-likeness (QED) is 0.523. The second-order valence-electron chi connectivity index (χ2n) is 4.95. The molecular weight excluding hydrogens is 346 g/mol. The second kappa shape index (κ2) is 7.72. The molecule has 0 spiro atoms. The zero-order valence-electron chi connectivity index (χ0n) is 12.5. The van der Waals surface area contributed by atoms with Crippen LogP contribution in [0.15, 0.2) is 46.1 Å². The summed E-state index contributed by atoms with van der Waals surface area (Å²) in [6.45, 7) is 2.08. The molecular formula is C16H15N3OS3. The largest absolute Gasteiger partial charge is 0.300 e. The minimum atomic E-state index is -0.0568. The summed E-state index contributed by atoms with van der Waals surface area (Å²) < 4.78 is 0.858. The van der Waals surface area contributed by atoms with Crippen molar-refractivity contribution in [3.05, 3.63) is 57.8 Å². The number of nitrogens with zero attached hydrogens (tertiary/aromatic N) is 2. The minimum absolute atomic E-state index is 0.0568. The van der Waals surface area contributed by atoms with E-state index < -0.39 is 0 Å². The standard InChI is InChI=1S/C16H15N3OS3/c1-11-4-6-12(7-5-11)10-22-16-19-18-15(23-16)17-14(20)9-13-3-2-8-21-13/h2-8H,9-10H2,1H3,(H,17,18,20). The van der Waals surface area contributed by atoms with Crippen molar-refractivity contribution in [3.8, 4) is 0 Å². The molecule has 7 heteroatoms. The van der Waals surface area contributed by atoms with Gasteiger partial charge in [0.05, 0.1) is 6.42 Å². The third-order valence-electron chi connectivity index (χ3n) is 3.05. The number of anilines is 1. The lowest BCUT2D eigenvalue weighted by Gasteiger charge is -1.99. The first-order valence-electron chi connectivity index (χ1n) is 7.03. The lowest BCUT2D eigenvalue weighted by molar-refractivity contribution is -0.115. The molecule has 0 saturated carbocycles. The normalized spacial score (nSPS) is 10.7. The van der Waals surface area contributed by atoms with Gasteiger partial charge in [0, 0.05) is 10.6 Å². The van der Waals surface area contributed by atoms with Crippen LogP contribution in [0.4, 0.5) is 5.13 Å². The van der Waals surface area contributed by atoms with Gasteiger partial charge in [-0.1, -0.05) is 59.0 Å².